The lowest BCUT2D eigenvalue weighted by molar-refractivity contribution is 0.00509. The SMILES string of the molecule is NCc1ccc(OCOCc2ccccc2)c(Cl)c1. The molecule has 0 spiro atoms. The van der Waals surface area contributed by atoms with Crippen LogP contribution < -0.4 is 10.5 Å². The molecule has 0 amide bonds. The van der Waals surface area contributed by atoms with E-state index in [1.807, 2.05) is 36.4 Å². The fourth-order valence-electron chi connectivity index (χ4n) is 1.63. The molecule has 0 aliphatic heterocycles. The predicted octanol–water partition coefficient (Wildman–Crippen LogP) is 3.35. The summed E-state index contributed by atoms with van der Waals surface area (Å²) in [5.41, 5.74) is 7.61. The number of halogens is 1. The summed E-state index contributed by atoms with van der Waals surface area (Å²) in [5.74, 6) is 0.604. The Morgan fingerprint density at radius 3 is 2.47 bits per heavy atom. The Kier molecular flexibility index (Phi) is 5.21. The molecule has 0 aliphatic rings. The number of nitrogens with two attached hydrogens (primary N) is 1. The highest BCUT2D eigenvalue weighted by molar-refractivity contribution is 6.32. The second-order valence-electron chi connectivity index (χ2n) is 4.07. The van der Waals surface area contributed by atoms with Gasteiger partial charge >= 0.3 is 0 Å². The van der Waals surface area contributed by atoms with Gasteiger partial charge in [-0.25, -0.2) is 0 Å². The Labute approximate surface area is 117 Å². The van der Waals surface area contributed by atoms with Crippen molar-refractivity contribution in [1.29, 1.82) is 0 Å². The maximum absolute atomic E-state index is 6.07. The van der Waals surface area contributed by atoms with Crippen LogP contribution in [0.5, 0.6) is 5.75 Å². The molecular formula is C15H16ClNO2. The highest BCUT2D eigenvalue weighted by Gasteiger charge is 2.02. The van der Waals surface area contributed by atoms with Crippen molar-refractivity contribution in [3.8, 4) is 5.75 Å². The van der Waals surface area contributed by atoms with Crippen LogP contribution in [0.1, 0.15) is 11.1 Å². The van der Waals surface area contributed by atoms with E-state index in [1.165, 1.54) is 0 Å². The molecule has 0 unspecified atom stereocenters. The number of hydrogen-bond acceptors (Lipinski definition) is 3. The van der Waals surface area contributed by atoms with Gasteiger partial charge in [0.15, 0.2) is 6.79 Å². The fraction of sp³-hybridized carbons (Fsp3) is 0.200. The molecule has 3 nitrogen and oxygen atoms in total. The number of benzene rings is 2. The van der Waals surface area contributed by atoms with Crippen molar-refractivity contribution in [3.63, 3.8) is 0 Å². The van der Waals surface area contributed by atoms with E-state index in [9.17, 15) is 0 Å². The zero-order valence-electron chi connectivity index (χ0n) is 10.5. The smallest absolute Gasteiger partial charge is 0.189 e. The minimum absolute atomic E-state index is 0.163. The van der Waals surface area contributed by atoms with Crippen molar-refractivity contribution < 1.29 is 9.47 Å². The van der Waals surface area contributed by atoms with Crippen molar-refractivity contribution in [2.75, 3.05) is 6.79 Å². The first-order valence-electron chi connectivity index (χ1n) is 6.02. The molecule has 2 aromatic rings. The minimum atomic E-state index is 0.163. The van der Waals surface area contributed by atoms with Gasteiger partial charge in [-0.15, -0.1) is 0 Å². The van der Waals surface area contributed by atoms with Gasteiger partial charge in [0.1, 0.15) is 5.75 Å². The third kappa shape index (κ3) is 4.24. The van der Waals surface area contributed by atoms with Crippen molar-refractivity contribution in [1.82, 2.24) is 0 Å². The van der Waals surface area contributed by atoms with Crippen molar-refractivity contribution in [2.45, 2.75) is 13.2 Å². The van der Waals surface area contributed by atoms with Crippen molar-refractivity contribution in [2.24, 2.45) is 5.73 Å². The molecule has 0 bridgehead atoms. The normalized spacial score (nSPS) is 10.4. The van der Waals surface area contributed by atoms with Crippen LogP contribution >= 0.6 is 11.6 Å². The molecule has 0 aliphatic carbocycles. The molecule has 100 valence electrons. The van der Waals surface area contributed by atoms with Gasteiger partial charge in [0.05, 0.1) is 11.6 Å². The molecule has 0 saturated carbocycles. The molecular weight excluding hydrogens is 262 g/mol. The summed E-state index contributed by atoms with van der Waals surface area (Å²) in [6.45, 7) is 1.14. The summed E-state index contributed by atoms with van der Waals surface area (Å²) in [4.78, 5) is 0. The van der Waals surface area contributed by atoms with Gasteiger partial charge in [-0.1, -0.05) is 48.0 Å². The monoisotopic (exact) mass is 277 g/mol. The highest BCUT2D eigenvalue weighted by Crippen LogP contribution is 2.25. The van der Waals surface area contributed by atoms with Crippen LogP contribution in [0, 0.1) is 0 Å². The van der Waals surface area contributed by atoms with Crippen LogP contribution in [0.3, 0.4) is 0 Å². The predicted molar refractivity (Wildman–Crippen MR) is 76.1 cm³/mol. The average Bonchev–Trinajstić information content (AvgIpc) is 2.46. The molecule has 0 aromatic heterocycles. The largest absolute Gasteiger partial charge is 0.466 e. The van der Waals surface area contributed by atoms with E-state index < -0.39 is 0 Å². The minimum Gasteiger partial charge on any atom is -0.466 e. The van der Waals surface area contributed by atoms with Gasteiger partial charge < -0.3 is 15.2 Å². The zero-order valence-corrected chi connectivity index (χ0v) is 11.3. The van der Waals surface area contributed by atoms with Crippen LogP contribution in [0.15, 0.2) is 48.5 Å². The molecule has 2 aromatic carbocycles. The number of ether oxygens (including phenoxy) is 2. The first-order valence-corrected chi connectivity index (χ1v) is 6.40. The Morgan fingerprint density at radius 2 is 1.79 bits per heavy atom. The fourth-order valence-corrected chi connectivity index (χ4v) is 1.88. The summed E-state index contributed by atoms with van der Waals surface area (Å²) in [5, 5.41) is 0.547. The van der Waals surface area contributed by atoms with Crippen LogP contribution in [0.2, 0.25) is 5.02 Å². The Hall–Kier alpha value is -1.55. The first kappa shape index (κ1) is 13.9. The molecule has 0 fully saturated rings. The topological polar surface area (TPSA) is 44.5 Å². The van der Waals surface area contributed by atoms with E-state index >= 15 is 0 Å². The van der Waals surface area contributed by atoms with E-state index in [-0.39, 0.29) is 6.79 Å². The summed E-state index contributed by atoms with van der Waals surface area (Å²) < 4.78 is 10.9. The lowest BCUT2D eigenvalue weighted by atomic mass is 10.2. The van der Waals surface area contributed by atoms with Crippen LogP contribution in [0.4, 0.5) is 0 Å². The zero-order chi connectivity index (χ0) is 13.5. The van der Waals surface area contributed by atoms with Crippen LogP contribution in [-0.2, 0) is 17.9 Å². The first-order chi connectivity index (χ1) is 9.29. The van der Waals surface area contributed by atoms with Gasteiger partial charge in [0.2, 0.25) is 0 Å². The Bertz CT molecular complexity index is 517. The molecule has 4 heteroatoms. The molecule has 0 heterocycles. The number of hydrogen-bond donors (Lipinski definition) is 1. The van der Waals surface area contributed by atoms with Gasteiger partial charge in [0, 0.05) is 6.54 Å². The maximum Gasteiger partial charge on any atom is 0.189 e. The lowest BCUT2D eigenvalue weighted by Gasteiger charge is -2.09. The lowest BCUT2D eigenvalue weighted by Crippen LogP contribution is -2.04. The van der Waals surface area contributed by atoms with E-state index in [2.05, 4.69) is 0 Å². The summed E-state index contributed by atoms with van der Waals surface area (Å²) in [6, 6.07) is 15.4. The van der Waals surface area contributed by atoms with E-state index in [0.29, 0.717) is 23.9 Å². The standard InChI is InChI=1S/C15H16ClNO2/c16-14-8-13(9-17)6-7-15(14)19-11-18-10-12-4-2-1-3-5-12/h1-8H,9-11,17H2. The van der Waals surface area contributed by atoms with Gasteiger partial charge in [-0.05, 0) is 23.3 Å². The van der Waals surface area contributed by atoms with Crippen LogP contribution in [-0.4, -0.2) is 6.79 Å². The van der Waals surface area contributed by atoms with Crippen LogP contribution in [0.25, 0.3) is 0 Å². The molecule has 19 heavy (non-hydrogen) atoms. The molecule has 0 saturated heterocycles. The quantitative estimate of drug-likeness (QED) is 0.650. The Balaban J connectivity index is 1.80. The van der Waals surface area contributed by atoms with E-state index in [4.69, 9.17) is 26.8 Å². The molecule has 2 rings (SSSR count). The van der Waals surface area contributed by atoms with E-state index in [0.717, 1.165) is 11.1 Å². The second-order valence-corrected chi connectivity index (χ2v) is 4.47. The van der Waals surface area contributed by atoms with Gasteiger partial charge in [-0.2, -0.15) is 0 Å². The van der Waals surface area contributed by atoms with E-state index in [1.54, 1.807) is 12.1 Å². The number of rotatable bonds is 6. The summed E-state index contributed by atoms with van der Waals surface area (Å²) >= 11 is 6.07. The second kappa shape index (κ2) is 7.14. The molecule has 2 N–H and O–H groups in total. The molecule has 0 atom stereocenters. The maximum atomic E-state index is 6.07. The van der Waals surface area contributed by atoms with Crippen molar-refractivity contribution >= 4 is 11.6 Å². The third-order valence-electron chi connectivity index (χ3n) is 2.64. The summed E-state index contributed by atoms with van der Waals surface area (Å²) in [7, 11) is 0. The Morgan fingerprint density at radius 1 is 1.00 bits per heavy atom. The third-order valence-corrected chi connectivity index (χ3v) is 2.94. The van der Waals surface area contributed by atoms with Crippen molar-refractivity contribution in [3.05, 3.63) is 64.7 Å². The molecule has 0 radical (unpaired) electrons. The van der Waals surface area contributed by atoms with Gasteiger partial charge in [0.25, 0.3) is 0 Å². The highest BCUT2D eigenvalue weighted by atomic mass is 35.5. The average molecular weight is 278 g/mol. The van der Waals surface area contributed by atoms with Gasteiger partial charge in [-0.3, -0.25) is 0 Å². The summed E-state index contributed by atoms with van der Waals surface area (Å²) in [6.07, 6.45) is 0.